The fourth-order valence-corrected chi connectivity index (χ4v) is 14.8. The molecule has 0 bridgehead atoms. The van der Waals surface area contributed by atoms with Gasteiger partial charge in [0, 0.05) is 37.9 Å². The lowest BCUT2D eigenvalue weighted by atomic mass is 9.66. The Hall–Kier alpha value is -9.15. The van der Waals surface area contributed by atoms with Crippen LogP contribution < -0.4 is 9.64 Å². The Bertz CT molecular complexity index is 4230. The summed E-state index contributed by atoms with van der Waals surface area (Å²) >= 11 is 1.89. The second kappa shape index (κ2) is 16.2. The first-order valence-electron chi connectivity index (χ1n) is 25.9. The van der Waals surface area contributed by atoms with E-state index in [0.29, 0.717) is 0 Å². The quantitative estimate of drug-likeness (QED) is 0.171. The van der Waals surface area contributed by atoms with Crippen LogP contribution in [0.5, 0.6) is 11.5 Å². The number of nitrogens with zero attached hydrogens (tertiary/aromatic N) is 1. The van der Waals surface area contributed by atoms with E-state index in [1.807, 2.05) is 11.8 Å². The van der Waals surface area contributed by atoms with Gasteiger partial charge in [0.05, 0.1) is 16.5 Å². The van der Waals surface area contributed by atoms with E-state index in [9.17, 15) is 0 Å². The van der Waals surface area contributed by atoms with Gasteiger partial charge in [0.25, 0.3) is 0 Å². The van der Waals surface area contributed by atoms with Gasteiger partial charge in [-0.25, -0.2) is 0 Å². The third-order valence-corrected chi connectivity index (χ3v) is 17.8. The maximum absolute atomic E-state index is 6.77. The van der Waals surface area contributed by atoms with Crippen molar-refractivity contribution in [2.75, 3.05) is 4.90 Å². The van der Waals surface area contributed by atoms with E-state index in [-0.39, 0.29) is 0 Å². The molecule has 0 radical (unpaired) electrons. The van der Waals surface area contributed by atoms with Crippen molar-refractivity contribution in [3.05, 3.63) is 317 Å². The monoisotopic (exact) mass is 971 g/mol. The lowest BCUT2D eigenvalue weighted by Crippen LogP contribution is -2.32. The zero-order valence-corrected chi connectivity index (χ0v) is 41.6. The molecule has 0 unspecified atom stereocenters. The maximum atomic E-state index is 6.77. The number of fused-ring (bicyclic) bond motifs is 20. The fraction of sp³-hybridized carbons (Fsp3) is 0.0278. The Labute approximate surface area is 440 Å². The molecule has 16 rings (SSSR count). The third-order valence-electron chi connectivity index (χ3n) is 16.6. The molecule has 75 heavy (non-hydrogen) atoms. The average molecular weight is 972 g/mol. The number of para-hydroxylation sites is 3. The molecule has 12 aromatic rings. The number of hydrogen-bond acceptors (Lipinski definition) is 3. The molecule has 0 amide bonds. The molecule has 0 saturated carbocycles. The van der Waals surface area contributed by atoms with Gasteiger partial charge < -0.3 is 9.64 Å². The summed E-state index contributed by atoms with van der Waals surface area (Å²) in [6.45, 7) is 0. The van der Waals surface area contributed by atoms with Gasteiger partial charge >= 0.3 is 0 Å². The van der Waals surface area contributed by atoms with E-state index < -0.39 is 10.8 Å². The highest BCUT2D eigenvalue weighted by Gasteiger charge is 2.52. The highest BCUT2D eigenvalue weighted by atomic mass is 32.2. The third kappa shape index (κ3) is 5.87. The Kier molecular flexibility index (Phi) is 9.14. The van der Waals surface area contributed by atoms with Crippen LogP contribution in [0.15, 0.2) is 283 Å². The number of anilines is 3. The first kappa shape index (κ1) is 42.4. The summed E-state index contributed by atoms with van der Waals surface area (Å²) in [5.41, 5.74) is 22.2. The number of rotatable bonds is 5. The zero-order valence-electron chi connectivity index (χ0n) is 40.7. The summed E-state index contributed by atoms with van der Waals surface area (Å²) in [5.74, 6) is 1.77. The lowest BCUT2D eigenvalue weighted by Gasteiger charge is -2.39. The summed E-state index contributed by atoms with van der Waals surface area (Å²) < 4.78 is 6.77. The molecule has 2 heterocycles. The van der Waals surface area contributed by atoms with Gasteiger partial charge in [0.1, 0.15) is 11.5 Å². The predicted octanol–water partition coefficient (Wildman–Crippen LogP) is 18.9. The molecule has 2 aliphatic heterocycles. The fourth-order valence-electron chi connectivity index (χ4n) is 13.6. The van der Waals surface area contributed by atoms with E-state index in [4.69, 9.17) is 4.74 Å². The van der Waals surface area contributed by atoms with Crippen molar-refractivity contribution in [3.8, 4) is 56.0 Å². The molecular weight excluding hydrogens is 927 g/mol. The summed E-state index contributed by atoms with van der Waals surface area (Å²) in [5, 5.41) is 2.44. The summed E-state index contributed by atoms with van der Waals surface area (Å²) in [7, 11) is 0. The second-order valence-corrected chi connectivity index (χ2v) is 21.3. The van der Waals surface area contributed by atoms with Gasteiger partial charge in [-0.3, -0.25) is 0 Å². The molecule has 0 saturated heterocycles. The van der Waals surface area contributed by atoms with Gasteiger partial charge in [-0.05, 0) is 138 Å². The van der Waals surface area contributed by atoms with Crippen molar-refractivity contribution in [2.45, 2.75) is 20.6 Å². The Morgan fingerprint density at radius 1 is 0.307 bits per heavy atom. The second-order valence-electron chi connectivity index (χ2n) is 20.2. The predicted molar refractivity (Wildman–Crippen MR) is 308 cm³/mol. The minimum atomic E-state index is -0.617. The van der Waals surface area contributed by atoms with Crippen LogP contribution in [0, 0.1) is 0 Å². The van der Waals surface area contributed by atoms with Gasteiger partial charge in [-0.2, -0.15) is 0 Å². The van der Waals surface area contributed by atoms with Crippen molar-refractivity contribution in [1.29, 1.82) is 0 Å². The molecular formula is C72H45NOS. The van der Waals surface area contributed by atoms with Crippen molar-refractivity contribution in [1.82, 2.24) is 0 Å². The SMILES string of the molecule is c1ccc(-c2ccc(-c3ccccc3N(c3ccc4c(c3)C3(c5ccccc5Oc5ccccc53)c3ccccc3-4)c3ccc4c5c(ccc4c3)C3(c4ccccc4Sc4ccccc43)c3ccccc3-5)cc2)cc1. The first-order chi connectivity index (χ1) is 37.2. The van der Waals surface area contributed by atoms with Crippen LogP contribution in [0.3, 0.4) is 0 Å². The van der Waals surface area contributed by atoms with Crippen molar-refractivity contribution in [2.24, 2.45) is 0 Å². The molecule has 2 spiro atoms. The molecule has 12 aromatic carbocycles. The molecule has 350 valence electrons. The molecule has 2 aliphatic carbocycles. The smallest absolute Gasteiger partial charge is 0.132 e. The van der Waals surface area contributed by atoms with Gasteiger partial charge in [-0.1, -0.05) is 230 Å². The van der Waals surface area contributed by atoms with Crippen LogP contribution in [0.2, 0.25) is 0 Å². The molecule has 0 N–H and O–H groups in total. The van der Waals surface area contributed by atoms with Crippen LogP contribution >= 0.6 is 11.8 Å². The average Bonchev–Trinajstić information content (AvgIpc) is 3.98. The van der Waals surface area contributed by atoms with Crippen LogP contribution in [-0.2, 0) is 10.8 Å². The summed E-state index contributed by atoms with van der Waals surface area (Å²) in [6, 6.07) is 101. The van der Waals surface area contributed by atoms with Crippen molar-refractivity contribution < 1.29 is 4.74 Å². The van der Waals surface area contributed by atoms with E-state index in [1.165, 1.54) is 87.3 Å². The Morgan fingerprint density at radius 2 is 0.800 bits per heavy atom. The Balaban J connectivity index is 0.937. The maximum Gasteiger partial charge on any atom is 0.132 e. The lowest BCUT2D eigenvalue weighted by molar-refractivity contribution is 0.436. The van der Waals surface area contributed by atoms with Crippen LogP contribution in [0.4, 0.5) is 17.1 Å². The van der Waals surface area contributed by atoms with Crippen LogP contribution in [-0.4, -0.2) is 0 Å². The van der Waals surface area contributed by atoms with Gasteiger partial charge in [0.2, 0.25) is 0 Å². The largest absolute Gasteiger partial charge is 0.457 e. The normalized spacial score (nSPS) is 14.1. The first-order valence-corrected chi connectivity index (χ1v) is 26.7. The van der Waals surface area contributed by atoms with Crippen LogP contribution in [0.1, 0.15) is 44.5 Å². The van der Waals surface area contributed by atoms with Gasteiger partial charge in [-0.15, -0.1) is 0 Å². The van der Waals surface area contributed by atoms with Crippen molar-refractivity contribution >= 4 is 39.6 Å². The number of ether oxygens (including phenoxy) is 1. The topological polar surface area (TPSA) is 12.5 Å². The van der Waals surface area contributed by atoms with E-state index >= 15 is 0 Å². The molecule has 0 aromatic heterocycles. The molecule has 3 heteroatoms. The highest BCUT2D eigenvalue weighted by molar-refractivity contribution is 7.99. The van der Waals surface area contributed by atoms with E-state index in [1.54, 1.807) is 0 Å². The van der Waals surface area contributed by atoms with Crippen molar-refractivity contribution in [3.63, 3.8) is 0 Å². The molecule has 0 atom stereocenters. The number of hydrogen-bond donors (Lipinski definition) is 0. The highest BCUT2D eigenvalue weighted by Crippen LogP contribution is 2.65. The molecule has 0 fully saturated rings. The minimum Gasteiger partial charge on any atom is -0.457 e. The standard InChI is InChI=1S/C72H45NOS/c1-2-18-46(19-3-1)47-34-36-48(37-35-47)52-20-6-13-29-65(52)73(51-40-42-55-54-21-4-7-23-57(54)71(64(55)45-51)59-25-9-14-30-66(59)74-67-31-15-10-26-60(67)71)50-39-41-53-49(44-50)38-43-63-70(53)56-22-5-8-24-58(56)72(63)61-27-11-16-32-68(61)75-69-33-17-12-28-62(69)72/h1-45H. The van der Waals surface area contributed by atoms with Gasteiger partial charge in [0.15, 0.2) is 0 Å². The van der Waals surface area contributed by atoms with E-state index in [2.05, 4.69) is 278 Å². The number of benzene rings is 12. The molecule has 2 nitrogen and oxygen atoms in total. The zero-order chi connectivity index (χ0) is 49.2. The van der Waals surface area contributed by atoms with E-state index in [0.717, 1.165) is 50.8 Å². The summed E-state index contributed by atoms with van der Waals surface area (Å²) in [4.78, 5) is 5.12. The van der Waals surface area contributed by atoms with Crippen LogP contribution in [0.25, 0.3) is 55.3 Å². The minimum absolute atomic E-state index is 0.447. The Morgan fingerprint density at radius 3 is 1.51 bits per heavy atom. The molecule has 4 aliphatic rings. The summed E-state index contributed by atoms with van der Waals surface area (Å²) in [6.07, 6.45) is 0.